The highest BCUT2D eigenvalue weighted by atomic mass is 32.2. The first-order valence-electron chi connectivity index (χ1n) is 25.7. The molecule has 0 radical (unpaired) electrons. The summed E-state index contributed by atoms with van der Waals surface area (Å²) in [5.41, 5.74) is 0.355. The zero-order chi connectivity index (χ0) is 56.1. The lowest BCUT2D eigenvalue weighted by atomic mass is 9.79. The fraction of sp³-hybridized carbons (Fsp3) is 0.706. The summed E-state index contributed by atoms with van der Waals surface area (Å²) >= 11 is 0. The molecule has 2 N–H and O–H groups in total. The van der Waals surface area contributed by atoms with Gasteiger partial charge < -0.3 is 19.0 Å². The minimum Gasteiger partial charge on any atom is -0.748 e. The molecule has 0 aromatic heterocycles. The van der Waals surface area contributed by atoms with E-state index in [4.69, 9.17) is 14.6 Å². The Hall–Kier alpha value is -4.10. The molecule has 2 atom stereocenters. The second kappa shape index (κ2) is 24.9. The molecule has 418 valence electrons. The van der Waals surface area contributed by atoms with Gasteiger partial charge in [-0.1, -0.05) is 13.8 Å². The number of carbonyl (C=O) groups is 3. The third kappa shape index (κ3) is 16.9. The van der Waals surface area contributed by atoms with E-state index >= 15 is 0 Å². The van der Waals surface area contributed by atoms with Crippen LogP contribution >= 0.6 is 0 Å². The quantitative estimate of drug-likeness (QED) is 0.0801. The molecule has 2 aromatic carbocycles. The van der Waals surface area contributed by atoms with Gasteiger partial charge in [0, 0.05) is 96.8 Å². The van der Waals surface area contributed by atoms with Gasteiger partial charge in [-0.05, 0) is 127 Å². The molecular formula is C51H82N6O14S3. The Morgan fingerprint density at radius 1 is 0.784 bits per heavy atom. The van der Waals surface area contributed by atoms with Gasteiger partial charge in [0.25, 0.3) is 32.1 Å². The van der Waals surface area contributed by atoms with Crippen LogP contribution in [0.5, 0.6) is 11.5 Å². The Labute approximate surface area is 439 Å². The second-order valence-electron chi connectivity index (χ2n) is 22.0. The zero-order valence-electron chi connectivity index (χ0n) is 45.9. The predicted octanol–water partition coefficient (Wildman–Crippen LogP) is 5.92. The van der Waals surface area contributed by atoms with E-state index in [2.05, 4.69) is 79.0 Å². The molecule has 0 spiro atoms. The number of fused-ring (bicyclic) bond motifs is 4. The summed E-state index contributed by atoms with van der Waals surface area (Å²) in [4.78, 5) is 53.1. The van der Waals surface area contributed by atoms with Gasteiger partial charge in [-0.15, -0.1) is 5.06 Å². The Balaban J connectivity index is 0.000000560. The van der Waals surface area contributed by atoms with Gasteiger partial charge in [0.15, 0.2) is 17.0 Å². The predicted molar refractivity (Wildman–Crippen MR) is 283 cm³/mol. The van der Waals surface area contributed by atoms with E-state index in [9.17, 15) is 53.3 Å². The smallest absolute Gasteiger partial charge is 0.333 e. The van der Waals surface area contributed by atoms with Crippen molar-refractivity contribution in [2.45, 2.75) is 189 Å². The maximum atomic E-state index is 12.6. The average Bonchev–Trinajstić information content (AvgIpc) is 3.54. The largest absolute Gasteiger partial charge is 0.748 e. The van der Waals surface area contributed by atoms with E-state index < -0.39 is 88.3 Å². The summed E-state index contributed by atoms with van der Waals surface area (Å²) in [7, 11) is -13.4. The van der Waals surface area contributed by atoms with Crippen LogP contribution in [0.2, 0.25) is 0 Å². The molecule has 2 amide bonds. The van der Waals surface area contributed by atoms with Crippen molar-refractivity contribution in [3.8, 4) is 11.5 Å². The minimum atomic E-state index is -4.68. The van der Waals surface area contributed by atoms with Crippen molar-refractivity contribution in [3.63, 3.8) is 0 Å². The molecule has 6 rings (SSSR count). The summed E-state index contributed by atoms with van der Waals surface area (Å²) in [6, 6.07) is 9.39. The molecule has 0 saturated carbocycles. The Morgan fingerprint density at radius 2 is 1.32 bits per heavy atom. The maximum absolute atomic E-state index is 12.6. The molecule has 1 fully saturated rings. The number of amides is 2. The van der Waals surface area contributed by atoms with E-state index in [1.807, 2.05) is 37.2 Å². The maximum Gasteiger partial charge on any atom is 0.333 e. The number of carbonyl (C=O) groups excluding carboxylic acids is 3. The highest BCUT2D eigenvalue weighted by molar-refractivity contribution is 7.86. The van der Waals surface area contributed by atoms with Crippen molar-refractivity contribution >= 4 is 59.5 Å². The van der Waals surface area contributed by atoms with E-state index in [1.165, 1.54) is 0 Å². The molecule has 20 nitrogen and oxygen atoms in total. The summed E-state index contributed by atoms with van der Waals surface area (Å²) in [5.74, 6) is -4.63. The van der Waals surface area contributed by atoms with Gasteiger partial charge >= 0.3 is 5.97 Å². The fourth-order valence-corrected chi connectivity index (χ4v) is 13.1. The van der Waals surface area contributed by atoms with Gasteiger partial charge in [-0.2, -0.15) is 16.8 Å². The third-order valence-electron chi connectivity index (χ3n) is 14.0. The van der Waals surface area contributed by atoms with Gasteiger partial charge in [0.05, 0.1) is 34.1 Å². The lowest BCUT2D eigenvalue weighted by Crippen LogP contribution is -2.54. The molecule has 2 aromatic rings. The normalized spacial score (nSPS) is 19.1. The van der Waals surface area contributed by atoms with Crippen LogP contribution in [0.15, 0.2) is 29.3 Å². The van der Waals surface area contributed by atoms with Crippen LogP contribution in [0.1, 0.15) is 165 Å². The van der Waals surface area contributed by atoms with Crippen molar-refractivity contribution in [2.75, 3.05) is 48.3 Å². The van der Waals surface area contributed by atoms with Gasteiger partial charge in [0.1, 0.15) is 17.6 Å². The lowest BCUT2D eigenvalue weighted by molar-refractivity contribution is -0.197. The van der Waals surface area contributed by atoms with Crippen molar-refractivity contribution < 1.29 is 62.9 Å². The third-order valence-corrected chi connectivity index (χ3v) is 16.5. The molecule has 23 heteroatoms. The van der Waals surface area contributed by atoms with Crippen LogP contribution < -0.4 is 24.9 Å². The SMILES string of the molecule is CC1(C)CC(CS(=O)(=O)[O-])c2cc3c(cc2N1CCCS(=O)(=O)O)Oc1cc2c(cc1=N3)C(CS(=O)(=O)O)CC(C)(C)[N+]=2CCCC(=O)ON1C(=O)CCC1=O.CCN(C(C)C)C(C)C.CCN(C(C)C)C(C)C. The summed E-state index contributed by atoms with van der Waals surface area (Å²) in [5, 5.41) is 1.35. The number of nitrogens with zero attached hydrogens (tertiary/aromatic N) is 6. The van der Waals surface area contributed by atoms with Gasteiger partial charge in [-0.3, -0.25) is 28.5 Å². The fourth-order valence-electron chi connectivity index (χ4n) is 11.0. The topological polar surface area (TPSA) is 264 Å². The van der Waals surface area contributed by atoms with E-state index in [0.717, 1.165) is 13.1 Å². The molecular weight excluding hydrogens is 1020 g/mol. The molecule has 1 saturated heterocycles. The Morgan fingerprint density at radius 3 is 1.80 bits per heavy atom. The Bertz CT molecular complexity index is 2780. The minimum absolute atomic E-state index is 0.0409. The average molecular weight is 1100 g/mol. The zero-order valence-corrected chi connectivity index (χ0v) is 48.3. The Kier molecular flexibility index (Phi) is 21.0. The van der Waals surface area contributed by atoms with Gasteiger partial charge in [0.2, 0.25) is 5.36 Å². The van der Waals surface area contributed by atoms with Crippen LogP contribution in [0, 0.1) is 0 Å². The van der Waals surface area contributed by atoms with Crippen LogP contribution in [0.4, 0.5) is 11.4 Å². The van der Waals surface area contributed by atoms with Crippen molar-refractivity contribution in [2.24, 2.45) is 4.99 Å². The van der Waals surface area contributed by atoms with Crippen LogP contribution in [-0.4, -0.2) is 150 Å². The second-order valence-corrected chi connectivity index (χ2v) is 26.5. The molecule has 4 aliphatic heterocycles. The first kappa shape index (κ1) is 62.4. The number of benzene rings is 2. The number of anilines is 1. The first-order valence-corrected chi connectivity index (χ1v) is 30.5. The molecule has 74 heavy (non-hydrogen) atoms. The van der Waals surface area contributed by atoms with E-state index in [-0.39, 0.29) is 69.5 Å². The van der Waals surface area contributed by atoms with Crippen LogP contribution in [-0.2, 0) is 49.6 Å². The monoisotopic (exact) mass is 1100 g/mol. The molecule has 0 bridgehead atoms. The summed E-state index contributed by atoms with van der Waals surface area (Å²) < 4.78 is 111. The molecule has 2 unspecified atom stereocenters. The van der Waals surface area contributed by atoms with E-state index in [1.54, 1.807) is 24.3 Å². The number of hydroxylamine groups is 2. The van der Waals surface area contributed by atoms with Crippen LogP contribution in [0.25, 0.3) is 0 Å². The van der Waals surface area contributed by atoms with Gasteiger partial charge in [-0.25, -0.2) is 22.8 Å². The number of hydrogen-bond donors (Lipinski definition) is 2. The number of imide groups is 1. The van der Waals surface area contributed by atoms with Crippen LogP contribution in [0.3, 0.4) is 0 Å². The number of hydrogen-bond acceptors (Lipinski definition) is 16. The van der Waals surface area contributed by atoms with E-state index in [0.29, 0.717) is 62.4 Å². The standard InChI is InChI=1S/C35H44N4O14S3.2C8H19N/c1-34(2)17-21(19-55(46,47)48)23-13-25-29(15-27(23)37(34)10-5-7-33(42)53-39-31(40)8-9-32(39)41)52-30-16-28-24(14-26(30)36-25)22(20-56(49,50)51)18-35(3,4)38(28)11-6-12-54(43,44)45;2*1-6-9(7(2)3)8(4)5/h13-16,21-22H,5-12,17-20H2,1-4H3,(H2-,43,44,45,46,47,48,49,50,51);2*7-8H,6H2,1-5H3. The first-order chi connectivity index (χ1) is 34.0. The number of rotatable bonds is 19. The molecule has 4 aliphatic rings. The highest BCUT2D eigenvalue weighted by Crippen LogP contribution is 2.49. The van der Waals surface area contributed by atoms with Crippen molar-refractivity contribution in [3.05, 3.63) is 46.1 Å². The molecule has 4 heterocycles. The lowest BCUT2D eigenvalue weighted by Gasteiger charge is -2.48. The summed E-state index contributed by atoms with van der Waals surface area (Å²) in [6.45, 7) is 32.5. The van der Waals surface area contributed by atoms with Crippen molar-refractivity contribution in [1.29, 1.82) is 0 Å². The number of ether oxygens (including phenoxy) is 1. The summed E-state index contributed by atoms with van der Waals surface area (Å²) in [6.07, 6.45) is 0.551. The molecule has 0 aliphatic carbocycles. The van der Waals surface area contributed by atoms with Crippen molar-refractivity contribution in [1.82, 2.24) is 19.4 Å². The highest BCUT2D eigenvalue weighted by Gasteiger charge is 2.43.